The summed E-state index contributed by atoms with van der Waals surface area (Å²) in [7, 11) is -1.45. The van der Waals surface area contributed by atoms with Crippen LogP contribution < -0.4 is 15.4 Å². The summed E-state index contributed by atoms with van der Waals surface area (Å²) in [5.41, 5.74) is 2.73. The van der Waals surface area contributed by atoms with Crippen molar-refractivity contribution in [3.05, 3.63) is 66.2 Å². The molecule has 240 valence electrons. The van der Waals surface area contributed by atoms with Crippen LogP contribution in [0.4, 0.5) is 0 Å². The Hall–Kier alpha value is -3.78. The predicted octanol–water partition coefficient (Wildman–Crippen LogP) is 1.67. The van der Waals surface area contributed by atoms with Gasteiger partial charge in [-0.3, -0.25) is 14.5 Å². The van der Waals surface area contributed by atoms with Crippen LogP contribution in [0.15, 0.2) is 59.9 Å². The van der Waals surface area contributed by atoms with Crippen LogP contribution in [0.25, 0.3) is 11.1 Å². The Bertz CT molecular complexity index is 1660. The first-order valence-electron chi connectivity index (χ1n) is 15.2. The number of hydrogen-bond donors (Lipinski definition) is 3. The molecule has 4 bridgehead atoms. The number of aliphatic hydroxyl groups excluding tert-OH is 1. The van der Waals surface area contributed by atoms with Gasteiger partial charge in [0.1, 0.15) is 11.9 Å². The third kappa shape index (κ3) is 7.22. The Labute approximate surface area is 262 Å². The minimum Gasteiger partial charge on any atom is -0.493 e. The molecule has 13 heteroatoms. The molecule has 2 amide bonds. The maximum Gasteiger partial charge on any atom is 0.255 e. The fourth-order valence-corrected chi connectivity index (χ4v) is 6.97. The number of amides is 2. The van der Waals surface area contributed by atoms with Crippen molar-refractivity contribution in [2.75, 3.05) is 26.0 Å². The van der Waals surface area contributed by atoms with Gasteiger partial charge in [0.05, 0.1) is 47.3 Å². The molecule has 0 saturated carbocycles. The molecule has 2 aromatic carbocycles. The number of fused-ring (bicyclic) bond motifs is 5. The first-order chi connectivity index (χ1) is 21.5. The highest BCUT2D eigenvalue weighted by atomic mass is 32.2. The molecule has 0 radical (unpaired) electrons. The summed E-state index contributed by atoms with van der Waals surface area (Å²) in [5, 5.41) is 16.7. The van der Waals surface area contributed by atoms with E-state index in [2.05, 4.69) is 15.6 Å². The van der Waals surface area contributed by atoms with Gasteiger partial charge in [-0.25, -0.2) is 13.4 Å². The summed E-state index contributed by atoms with van der Waals surface area (Å²) in [5.74, 6) is -0.0886. The van der Waals surface area contributed by atoms with Crippen molar-refractivity contribution in [2.45, 2.75) is 67.5 Å². The molecule has 3 aromatic rings. The first-order valence-corrected chi connectivity index (χ1v) is 17.1. The van der Waals surface area contributed by atoms with Crippen LogP contribution in [0.3, 0.4) is 0 Å². The molecule has 0 unspecified atom stereocenters. The molecule has 0 aliphatic carbocycles. The van der Waals surface area contributed by atoms with Crippen molar-refractivity contribution in [3.63, 3.8) is 0 Å². The highest BCUT2D eigenvalue weighted by Crippen LogP contribution is 2.30. The van der Waals surface area contributed by atoms with E-state index in [1.807, 2.05) is 28.8 Å². The van der Waals surface area contributed by atoms with E-state index >= 15 is 0 Å². The number of hydrogen-bond acceptors (Lipinski definition) is 9. The Kier molecular flexibility index (Phi) is 8.96. The molecular weight excluding hydrogens is 598 g/mol. The van der Waals surface area contributed by atoms with Crippen molar-refractivity contribution >= 4 is 21.7 Å². The van der Waals surface area contributed by atoms with Crippen molar-refractivity contribution in [2.24, 2.45) is 7.05 Å². The highest BCUT2D eigenvalue weighted by molar-refractivity contribution is 7.90. The van der Waals surface area contributed by atoms with E-state index in [9.17, 15) is 23.1 Å². The lowest BCUT2D eigenvalue weighted by molar-refractivity contribution is -0.133. The van der Waals surface area contributed by atoms with E-state index in [0.29, 0.717) is 50.1 Å². The van der Waals surface area contributed by atoms with Crippen LogP contribution >= 0.6 is 0 Å². The average molecular weight is 638 g/mol. The van der Waals surface area contributed by atoms with E-state index in [4.69, 9.17) is 9.47 Å². The van der Waals surface area contributed by atoms with Gasteiger partial charge in [-0.05, 0) is 54.7 Å². The Morgan fingerprint density at radius 1 is 1.07 bits per heavy atom. The highest BCUT2D eigenvalue weighted by Gasteiger charge is 2.39. The number of ether oxygens (including phenoxy) is 2. The zero-order chi connectivity index (χ0) is 31.7. The lowest BCUT2D eigenvalue weighted by Gasteiger charge is -2.34. The first kappa shape index (κ1) is 31.2. The number of aryl methyl sites for hydroxylation is 1. The molecule has 3 aliphatic heterocycles. The number of aromatic nitrogens is 2. The normalized spacial score (nSPS) is 26.4. The number of rotatable bonds is 4. The van der Waals surface area contributed by atoms with E-state index in [1.165, 1.54) is 6.26 Å². The number of imidazole rings is 1. The van der Waals surface area contributed by atoms with Gasteiger partial charge in [0.15, 0.2) is 9.84 Å². The summed E-state index contributed by atoms with van der Waals surface area (Å²) in [6.07, 6.45) is 5.54. The van der Waals surface area contributed by atoms with Crippen molar-refractivity contribution in [1.29, 1.82) is 0 Å². The van der Waals surface area contributed by atoms with E-state index in [0.717, 1.165) is 16.8 Å². The second-order valence-corrected chi connectivity index (χ2v) is 14.2. The van der Waals surface area contributed by atoms with Gasteiger partial charge < -0.3 is 29.8 Å². The monoisotopic (exact) mass is 637 g/mol. The molecule has 6 rings (SSSR count). The zero-order valence-electron chi connectivity index (χ0n) is 25.4. The third-order valence-corrected chi connectivity index (χ3v) is 9.89. The number of sulfone groups is 1. The summed E-state index contributed by atoms with van der Waals surface area (Å²) < 4.78 is 38.2. The smallest absolute Gasteiger partial charge is 0.255 e. The predicted molar refractivity (Wildman–Crippen MR) is 165 cm³/mol. The van der Waals surface area contributed by atoms with Crippen molar-refractivity contribution < 1.29 is 32.6 Å². The molecule has 3 N–H and O–H groups in total. The lowest BCUT2D eigenvalue weighted by Crippen LogP contribution is -2.50. The lowest BCUT2D eigenvalue weighted by atomic mass is 9.99. The second-order valence-electron chi connectivity index (χ2n) is 12.2. The summed E-state index contributed by atoms with van der Waals surface area (Å²) in [6, 6.07) is 11.1. The number of carbonyl (C=O) groups is 2. The fraction of sp³-hybridized carbons (Fsp3) is 0.469. The topological polar surface area (TPSA) is 152 Å². The molecule has 4 heterocycles. The van der Waals surface area contributed by atoms with E-state index in [-0.39, 0.29) is 42.0 Å². The van der Waals surface area contributed by atoms with Crippen LogP contribution in [-0.2, 0) is 33.0 Å². The number of aliphatic hydroxyl groups is 1. The number of carbonyl (C=O) groups excluding carboxylic acids is 2. The second kappa shape index (κ2) is 12.9. The average Bonchev–Trinajstić information content (AvgIpc) is 3.61. The molecule has 45 heavy (non-hydrogen) atoms. The van der Waals surface area contributed by atoms with Gasteiger partial charge >= 0.3 is 0 Å². The van der Waals surface area contributed by atoms with Gasteiger partial charge in [-0.1, -0.05) is 18.2 Å². The van der Waals surface area contributed by atoms with Crippen LogP contribution in [0.5, 0.6) is 5.75 Å². The van der Waals surface area contributed by atoms with Crippen LogP contribution in [0, 0.1) is 0 Å². The molecular formula is C32H39N5O7S. The van der Waals surface area contributed by atoms with Gasteiger partial charge in [0.2, 0.25) is 5.91 Å². The fourth-order valence-electron chi connectivity index (χ4n) is 6.34. The molecule has 2 saturated heterocycles. The maximum atomic E-state index is 13.7. The van der Waals surface area contributed by atoms with Gasteiger partial charge in [-0.15, -0.1) is 0 Å². The van der Waals surface area contributed by atoms with Crippen LogP contribution in [0.2, 0.25) is 0 Å². The number of nitrogens with zero attached hydrogens (tertiary/aromatic N) is 3. The molecule has 3 aliphatic rings. The minimum absolute atomic E-state index is 0.177. The molecule has 1 aromatic heterocycles. The summed E-state index contributed by atoms with van der Waals surface area (Å²) in [4.78, 5) is 33.9. The van der Waals surface area contributed by atoms with Gasteiger partial charge in [0, 0.05) is 51.6 Å². The van der Waals surface area contributed by atoms with E-state index in [1.54, 1.807) is 42.7 Å². The van der Waals surface area contributed by atoms with Gasteiger partial charge in [0.25, 0.3) is 5.91 Å². The molecule has 12 nitrogen and oxygen atoms in total. The number of likely N-dealkylation sites (tertiary alicyclic amines) is 1. The van der Waals surface area contributed by atoms with Crippen LogP contribution in [0.1, 0.15) is 41.7 Å². The summed E-state index contributed by atoms with van der Waals surface area (Å²) in [6.45, 7) is 1.36. The molecule has 2 fully saturated rings. The Morgan fingerprint density at radius 2 is 1.84 bits per heavy atom. The minimum atomic E-state index is -3.33. The largest absolute Gasteiger partial charge is 0.493 e. The zero-order valence-corrected chi connectivity index (χ0v) is 26.2. The van der Waals surface area contributed by atoms with Gasteiger partial charge in [-0.2, -0.15) is 0 Å². The standard InChI is InChI=1S/C32H39N5O7S/c1-36-16-23(34-19-36)18-37-17-22-14-27(37)32(40)33-15-30-28(38)10-6-24(44-30)11-12-43-29-13-21(5-9-26(29)31(39)35-22)20-3-7-25(8-4-20)45(2,41)42/h3-5,7-9,13,16,19,22,24,27-28,30,38H,6,10-12,14-15,17-18H2,1-2H3,(H,33,40)(H,35,39)/t22-,24-,27-,28-,30+/m0/s1. The van der Waals surface area contributed by atoms with E-state index < -0.39 is 28.1 Å². The Balaban J connectivity index is 1.29. The van der Waals surface area contributed by atoms with Crippen LogP contribution in [-0.4, -0.2) is 96.1 Å². The Morgan fingerprint density at radius 3 is 2.58 bits per heavy atom. The summed E-state index contributed by atoms with van der Waals surface area (Å²) >= 11 is 0. The SMILES string of the molecule is Cn1cnc(CN2C[C@@H]3C[C@H]2C(=O)NC[C@H]2O[C@H](CCOc4cc(-c5ccc(S(C)(=O)=O)cc5)ccc4C(=O)N3)CC[C@@H]2O)c1. The maximum absolute atomic E-state index is 13.7. The number of benzene rings is 2. The number of nitrogens with one attached hydrogen (secondary N) is 2. The van der Waals surface area contributed by atoms with Crippen molar-refractivity contribution in [1.82, 2.24) is 25.1 Å². The third-order valence-electron chi connectivity index (χ3n) is 8.76. The quantitative estimate of drug-likeness (QED) is 0.388. The van der Waals surface area contributed by atoms with Crippen molar-refractivity contribution in [3.8, 4) is 16.9 Å². The molecule has 5 atom stereocenters. The molecule has 0 spiro atoms.